The van der Waals surface area contributed by atoms with Crippen molar-refractivity contribution in [3.05, 3.63) is 52.9 Å². The van der Waals surface area contributed by atoms with E-state index in [1.54, 1.807) is 12.1 Å². The molecule has 0 spiro atoms. The molecule has 6 nitrogen and oxygen atoms in total. The van der Waals surface area contributed by atoms with Crippen LogP contribution in [0.25, 0.3) is 0 Å². The van der Waals surface area contributed by atoms with E-state index in [9.17, 15) is 19.7 Å². The topological polar surface area (TPSA) is 102 Å². The van der Waals surface area contributed by atoms with Crippen LogP contribution in [0.3, 0.4) is 0 Å². The molecule has 1 aromatic heterocycles. The molecule has 2 bridgehead atoms. The summed E-state index contributed by atoms with van der Waals surface area (Å²) in [7, 11) is 0. The van der Waals surface area contributed by atoms with E-state index >= 15 is 0 Å². The molecule has 1 N–H and O–H groups in total. The molecule has 28 heavy (non-hydrogen) atoms. The summed E-state index contributed by atoms with van der Waals surface area (Å²) >= 11 is 0. The van der Waals surface area contributed by atoms with E-state index in [1.807, 2.05) is 32.9 Å². The first-order chi connectivity index (χ1) is 13.2. The van der Waals surface area contributed by atoms with Crippen molar-refractivity contribution in [3.8, 4) is 12.1 Å². The van der Waals surface area contributed by atoms with Crippen LogP contribution in [0.5, 0.6) is 0 Å². The Morgan fingerprint density at radius 2 is 1.68 bits per heavy atom. The van der Waals surface area contributed by atoms with Gasteiger partial charge < -0.3 is 5.32 Å². The highest BCUT2D eigenvalue weighted by molar-refractivity contribution is 6.01. The van der Waals surface area contributed by atoms with Crippen molar-refractivity contribution in [3.63, 3.8) is 0 Å². The van der Waals surface area contributed by atoms with Crippen molar-refractivity contribution in [2.45, 2.75) is 44.4 Å². The van der Waals surface area contributed by atoms with E-state index in [-0.39, 0.29) is 23.0 Å². The third-order valence-electron chi connectivity index (χ3n) is 6.99. The number of hydrogen-bond acceptors (Lipinski definition) is 5. The lowest BCUT2D eigenvalue weighted by atomic mass is 9.63. The molecule has 0 saturated heterocycles. The smallest absolute Gasteiger partial charge is 0.237 e. The molecule has 1 fully saturated rings. The second-order valence-corrected chi connectivity index (χ2v) is 8.14. The molecule has 7 heteroatoms. The van der Waals surface area contributed by atoms with Gasteiger partial charge in [0.15, 0.2) is 11.4 Å². The highest BCUT2D eigenvalue weighted by Crippen LogP contribution is 2.70. The maximum atomic E-state index is 14.1. The maximum absolute atomic E-state index is 14.1. The Morgan fingerprint density at radius 3 is 2.29 bits per heavy atom. The summed E-state index contributed by atoms with van der Waals surface area (Å²) in [6.07, 6.45) is 1.19. The number of carbonyl (C=O) groups excluding carboxylic acids is 1. The van der Waals surface area contributed by atoms with Gasteiger partial charge in [-0.05, 0) is 30.4 Å². The number of nitrogens with one attached hydrogen (secondary N) is 1. The summed E-state index contributed by atoms with van der Waals surface area (Å²) in [5.74, 6) is -0.888. The monoisotopic (exact) mass is 375 g/mol. The van der Waals surface area contributed by atoms with Gasteiger partial charge in [0.2, 0.25) is 5.91 Å². The van der Waals surface area contributed by atoms with E-state index < -0.39 is 22.1 Å². The van der Waals surface area contributed by atoms with Crippen molar-refractivity contribution in [2.75, 3.05) is 5.32 Å². The van der Waals surface area contributed by atoms with Crippen LogP contribution in [0.1, 0.15) is 56.4 Å². The van der Waals surface area contributed by atoms with Crippen LogP contribution in [0.4, 0.5) is 10.1 Å². The third-order valence-corrected chi connectivity index (χ3v) is 6.99. The molecule has 140 valence electrons. The van der Waals surface area contributed by atoms with Crippen LogP contribution in [-0.2, 0) is 15.6 Å². The Hall–Kier alpha value is -3.32. The largest absolute Gasteiger partial charge is 0.323 e. The Balaban J connectivity index is 1.93. The summed E-state index contributed by atoms with van der Waals surface area (Å²) in [5.41, 5.74) is -1.14. The van der Waals surface area contributed by atoms with Crippen LogP contribution in [-0.4, -0.2) is 15.9 Å². The molecular formula is C21H18FN5O. The molecule has 0 radical (unpaired) electrons. The number of fused-ring (bicyclic) bond motifs is 5. The van der Waals surface area contributed by atoms with Crippen LogP contribution >= 0.6 is 0 Å². The molecule has 1 heterocycles. The number of rotatable bonds is 2. The van der Waals surface area contributed by atoms with Crippen molar-refractivity contribution in [2.24, 2.45) is 5.41 Å². The highest BCUT2D eigenvalue weighted by atomic mass is 19.1. The molecular weight excluding hydrogens is 357 g/mol. The molecule has 1 amide bonds. The first kappa shape index (κ1) is 18.1. The van der Waals surface area contributed by atoms with Crippen LogP contribution < -0.4 is 5.32 Å². The zero-order valence-electron chi connectivity index (χ0n) is 15.8. The molecule has 1 saturated carbocycles. The van der Waals surface area contributed by atoms with Gasteiger partial charge in [-0.15, -0.1) is 0 Å². The minimum absolute atomic E-state index is 0.0320. The van der Waals surface area contributed by atoms with E-state index in [2.05, 4.69) is 15.3 Å². The number of para-hydroxylation sites is 1. The van der Waals surface area contributed by atoms with Gasteiger partial charge in [-0.2, -0.15) is 10.5 Å². The van der Waals surface area contributed by atoms with E-state index in [4.69, 9.17) is 0 Å². The lowest BCUT2D eigenvalue weighted by molar-refractivity contribution is -0.125. The SMILES string of the molecule is CC12CCC(C(=O)Nc3ccccc3F)(c3nc(C#N)c(C#N)nc31)C2(C)C. The average Bonchev–Trinajstić information content (AvgIpc) is 2.98. The number of carbonyl (C=O) groups is 1. The number of nitriles is 2. The van der Waals surface area contributed by atoms with Crippen LogP contribution in [0.15, 0.2) is 24.3 Å². The quantitative estimate of drug-likeness (QED) is 0.867. The second-order valence-electron chi connectivity index (χ2n) is 8.14. The fraction of sp³-hybridized carbons (Fsp3) is 0.381. The number of benzene rings is 1. The number of anilines is 1. The van der Waals surface area contributed by atoms with Gasteiger partial charge in [0.1, 0.15) is 18.0 Å². The number of hydrogen-bond donors (Lipinski definition) is 1. The summed E-state index contributed by atoms with van der Waals surface area (Å²) in [6.45, 7) is 5.96. The summed E-state index contributed by atoms with van der Waals surface area (Å²) in [5, 5.41) is 21.4. The van der Waals surface area contributed by atoms with E-state index in [0.717, 1.165) is 0 Å². The summed E-state index contributed by atoms with van der Waals surface area (Å²) < 4.78 is 14.1. The number of amides is 1. The van der Waals surface area contributed by atoms with Crippen molar-refractivity contribution >= 4 is 11.6 Å². The van der Waals surface area contributed by atoms with Crippen LogP contribution in [0.2, 0.25) is 0 Å². The lowest BCUT2D eigenvalue weighted by Crippen LogP contribution is -2.48. The van der Waals surface area contributed by atoms with Gasteiger partial charge in [-0.25, -0.2) is 14.4 Å². The maximum Gasteiger partial charge on any atom is 0.237 e. The summed E-state index contributed by atoms with van der Waals surface area (Å²) in [4.78, 5) is 22.4. The molecule has 0 aliphatic heterocycles. The van der Waals surface area contributed by atoms with Crippen LogP contribution in [0, 0.1) is 33.9 Å². The zero-order valence-corrected chi connectivity index (χ0v) is 15.8. The van der Waals surface area contributed by atoms with Gasteiger partial charge in [0.25, 0.3) is 0 Å². The first-order valence-electron chi connectivity index (χ1n) is 9.02. The van der Waals surface area contributed by atoms with E-state index in [0.29, 0.717) is 24.2 Å². The average molecular weight is 375 g/mol. The minimum Gasteiger partial charge on any atom is -0.323 e. The fourth-order valence-corrected chi connectivity index (χ4v) is 4.93. The molecule has 4 rings (SSSR count). The third kappa shape index (κ3) is 1.91. The number of aromatic nitrogens is 2. The van der Waals surface area contributed by atoms with Gasteiger partial charge in [-0.1, -0.05) is 32.9 Å². The highest BCUT2D eigenvalue weighted by Gasteiger charge is 2.73. The van der Waals surface area contributed by atoms with Gasteiger partial charge in [0, 0.05) is 5.41 Å². The minimum atomic E-state index is -1.06. The molecule has 2 aromatic rings. The predicted molar refractivity (Wildman–Crippen MR) is 98.5 cm³/mol. The summed E-state index contributed by atoms with van der Waals surface area (Å²) in [6, 6.07) is 9.82. The Morgan fingerprint density at radius 1 is 1.07 bits per heavy atom. The van der Waals surface area contributed by atoms with Gasteiger partial charge in [-0.3, -0.25) is 4.79 Å². The molecule has 1 aromatic carbocycles. The molecule has 2 unspecified atom stereocenters. The predicted octanol–water partition coefficient (Wildman–Crippen LogP) is 3.33. The number of halogens is 1. The van der Waals surface area contributed by atoms with Gasteiger partial charge >= 0.3 is 0 Å². The first-order valence-corrected chi connectivity index (χ1v) is 9.02. The van der Waals surface area contributed by atoms with Crippen molar-refractivity contribution in [1.82, 2.24) is 9.97 Å². The van der Waals surface area contributed by atoms with Crippen molar-refractivity contribution < 1.29 is 9.18 Å². The molecule has 2 aliphatic rings. The van der Waals surface area contributed by atoms with Crippen molar-refractivity contribution in [1.29, 1.82) is 10.5 Å². The standard InChI is InChI=1S/C21H18FN5O/c1-19(2)20(3)8-9-21(19,18(28)27-13-7-5-4-6-12(13)22)17-16(20)25-14(10-23)15(11-24)26-17/h4-7H,8-9H2,1-3H3,(H,27,28). The normalized spacial score (nSPS) is 26.2. The second kappa shape index (κ2) is 5.59. The molecule has 2 atom stereocenters. The zero-order chi connectivity index (χ0) is 20.3. The van der Waals surface area contributed by atoms with Gasteiger partial charge in [0.05, 0.1) is 22.5 Å². The van der Waals surface area contributed by atoms with E-state index in [1.165, 1.54) is 12.1 Å². The molecule has 2 aliphatic carbocycles. The Labute approximate surface area is 162 Å². The lowest BCUT2D eigenvalue weighted by Gasteiger charge is -2.39. The Kier molecular flexibility index (Phi) is 3.61. The Bertz CT molecular complexity index is 1110. The fourth-order valence-electron chi connectivity index (χ4n) is 4.93. The number of nitrogens with zero attached hydrogens (tertiary/aromatic N) is 4.